The summed E-state index contributed by atoms with van der Waals surface area (Å²) in [5.74, 6) is -0.382. The first-order valence-electron chi connectivity index (χ1n) is 8.77. The van der Waals surface area contributed by atoms with Crippen LogP contribution < -0.4 is 16.0 Å². The Morgan fingerprint density at radius 3 is 2.25 bits per heavy atom. The van der Waals surface area contributed by atoms with Crippen molar-refractivity contribution < 1.29 is 22.8 Å². The van der Waals surface area contributed by atoms with Gasteiger partial charge in [-0.15, -0.1) is 0 Å². The molecule has 0 atom stereocenters. The third-order valence-corrected chi connectivity index (χ3v) is 3.82. The molecule has 0 heterocycles. The van der Waals surface area contributed by atoms with Crippen LogP contribution in [0.3, 0.4) is 0 Å². The quantitative estimate of drug-likeness (QED) is 0.688. The molecule has 3 N–H and O–H groups in total. The smallest absolute Gasteiger partial charge is 0.352 e. The molecular formula is C20H22F3N3O2. The third-order valence-electron chi connectivity index (χ3n) is 3.82. The van der Waals surface area contributed by atoms with Crippen LogP contribution in [0.25, 0.3) is 0 Å². The molecule has 0 saturated carbocycles. The standard InChI is InChI=1S/C20H22F3N3O2/c1-13(2)25-19(28)26-17-6-4-3-5-16(17)18(27)24-12-11-14-7-9-15(10-8-14)20(21,22)23/h3-10,13H,11-12H2,1-2H3,(H,24,27)(H2,25,26,28). The fraction of sp³-hybridized carbons (Fsp3) is 0.300. The molecule has 0 saturated heterocycles. The van der Waals surface area contributed by atoms with Crippen molar-refractivity contribution in [1.29, 1.82) is 0 Å². The molecule has 2 aromatic rings. The largest absolute Gasteiger partial charge is 0.416 e. The molecule has 0 fully saturated rings. The zero-order chi connectivity index (χ0) is 20.7. The number of rotatable bonds is 6. The topological polar surface area (TPSA) is 70.2 Å². The lowest BCUT2D eigenvalue weighted by Gasteiger charge is -2.13. The highest BCUT2D eigenvalue weighted by atomic mass is 19.4. The molecule has 3 amide bonds. The molecule has 0 aliphatic heterocycles. The lowest BCUT2D eigenvalue weighted by Crippen LogP contribution is -2.35. The Labute approximate surface area is 161 Å². The van der Waals surface area contributed by atoms with E-state index in [2.05, 4.69) is 16.0 Å². The molecule has 8 heteroatoms. The van der Waals surface area contributed by atoms with Crippen molar-refractivity contribution >= 4 is 17.6 Å². The molecule has 150 valence electrons. The first-order valence-corrected chi connectivity index (χ1v) is 8.77. The van der Waals surface area contributed by atoms with Gasteiger partial charge < -0.3 is 16.0 Å². The van der Waals surface area contributed by atoms with E-state index in [0.29, 0.717) is 23.2 Å². The maximum Gasteiger partial charge on any atom is 0.416 e. The van der Waals surface area contributed by atoms with Gasteiger partial charge in [0.1, 0.15) is 0 Å². The summed E-state index contributed by atoms with van der Waals surface area (Å²) in [5, 5.41) is 8.02. The average molecular weight is 393 g/mol. The van der Waals surface area contributed by atoms with Crippen LogP contribution in [0.4, 0.5) is 23.7 Å². The predicted octanol–water partition coefficient (Wildman–Crippen LogP) is 4.21. The number of nitrogens with one attached hydrogen (secondary N) is 3. The number of hydrogen-bond acceptors (Lipinski definition) is 2. The van der Waals surface area contributed by atoms with Crippen molar-refractivity contribution in [2.45, 2.75) is 32.5 Å². The Bertz CT molecular complexity index is 818. The van der Waals surface area contributed by atoms with Gasteiger partial charge in [0.15, 0.2) is 0 Å². The van der Waals surface area contributed by atoms with Gasteiger partial charge in [-0.05, 0) is 50.1 Å². The highest BCUT2D eigenvalue weighted by Crippen LogP contribution is 2.29. The minimum absolute atomic E-state index is 0.0512. The zero-order valence-corrected chi connectivity index (χ0v) is 15.6. The Morgan fingerprint density at radius 1 is 1.00 bits per heavy atom. The number of alkyl halides is 3. The van der Waals surface area contributed by atoms with E-state index in [1.54, 1.807) is 24.3 Å². The summed E-state index contributed by atoms with van der Waals surface area (Å²) in [6, 6.07) is 10.9. The second-order valence-corrected chi connectivity index (χ2v) is 6.50. The Morgan fingerprint density at radius 2 is 1.64 bits per heavy atom. The highest BCUT2D eigenvalue weighted by Gasteiger charge is 2.29. The molecule has 2 rings (SSSR count). The van der Waals surface area contributed by atoms with E-state index in [0.717, 1.165) is 12.1 Å². The maximum atomic E-state index is 12.6. The first-order chi connectivity index (χ1) is 13.2. The van der Waals surface area contributed by atoms with Crippen molar-refractivity contribution in [3.05, 3.63) is 65.2 Å². The van der Waals surface area contributed by atoms with Gasteiger partial charge in [0.2, 0.25) is 0 Å². The van der Waals surface area contributed by atoms with Crippen molar-refractivity contribution in [2.24, 2.45) is 0 Å². The van der Waals surface area contributed by atoms with Crippen molar-refractivity contribution in [1.82, 2.24) is 10.6 Å². The second kappa shape index (κ2) is 9.25. The fourth-order valence-corrected chi connectivity index (χ4v) is 2.49. The lowest BCUT2D eigenvalue weighted by molar-refractivity contribution is -0.137. The number of anilines is 1. The van der Waals surface area contributed by atoms with Crippen LogP contribution in [-0.4, -0.2) is 24.5 Å². The molecule has 2 aromatic carbocycles. The number of hydrogen-bond donors (Lipinski definition) is 3. The lowest BCUT2D eigenvalue weighted by atomic mass is 10.1. The Balaban J connectivity index is 1.94. The van der Waals surface area contributed by atoms with E-state index in [-0.39, 0.29) is 18.5 Å². The Kier molecular flexibility index (Phi) is 7.03. The van der Waals surface area contributed by atoms with E-state index < -0.39 is 17.8 Å². The van der Waals surface area contributed by atoms with E-state index in [4.69, 9.17) is 0 Å². The number of amides is 3. The van der Waals surface area contributed by atoms with E-state index in [9.17, 15) is 22.8 Å². The molecule has 5 nitrogen and oxygen atoms in total. The van der Waals surface area contributed by atoms with Crippen molar-refractivity contribution in [2.75, 3.05) is 11.9 Å². The molecule has 0 unspecified atom stereocenters. The molecule has 0 bridgehead atoms. The van der Waals surface area contributed by atoms with Gasteiger partial charge in [-0.3, -0.25) is 4.79 Å². The maximum absolute atomic E-state index is 12.6. The summed E-state index contributed by atoms with van der Waals surface area (Å²) in [6.07, 6.45) is -3.99. The number of benzene rings is 2. The average Bonchev–Trinajstić information content (AvgIpc) is 2.61. The number of halogens is 3. The monoisotopic (exact) mass is 393 g/mol. The first kappa shape index (κ1) is 21.3. The molecule has 0 aliphatic rings. The summed E-state index contributed by atoms with van der Waals surface area (Å²) in [4.78, 5) is 24.3. The minimum Gasteiger partial charge on any atom is -0.352 e. The molecular weight excluding hydrogens is 371 g/mol. The van der Waals surface area contributed by atoms with Crippen LogP contribution in [0.15, 0.2) is 48.5 Å². The SMILES string of the molecule is CC(C)NC(=O)Nc1ccccc1C(=O)NCCc1ccc(C(F)(F)F)cc1. The van der Waals surface area contributed by atoms with E-state index in [1.807, 2.05) is 13.8 Å². The van der Waals surface area contributed by atoms with Gasteiger partial charge in [0.05, 0.1) is 16.8 Å². The zero-order valence-electron chi connectivity index (χ0n) is 15.6. The number of urea groups is 1. The molecule has 0 aliphatic carbocycles. The molecule has 0 radical (unpaired) electrons. The van der Waals surface area contributed by atoms with Gasteiger partial charge in [-0.2, -0.15) is 13.2 Å². The van der Waals surface area contributed by atoms with Crippen LogP contribution in [0.1, 0.15) is 35.3 Å². The third kappa shape index (κ3) is 6.29. The van der Waals surface area contributed by atoms with Crippen LogP contribution in [0.2, 0.25) is 0 Å². The number of carbonyl (C=O) groups is 2. The summed E-state index contributed by atoms with van der Waals surface area (Å²) in [6.45, 7) is 3.88. The highest BCUT2D eigenvalue weighted by molar-refractivity contribution is 6.03. The van der Waals surface area contributed by atoms with Gasteiger partial charge in [0.25, 0.3) is 5.91 Å². The normalized spacial score (nSPS) is 11.2. The van der Waals surface area contributed by atoms with Gasteiger partial charge in [-0.1, -0.05) is 24.3 Å². The van der Waals surface area contributed by atoms with Gasteiger partial charge in [-0.25, -0.2) is 4.79 Å². The van der Waals surface area contributed by atoms with Gasteiger partial charge in [0, 0.05) is 12.6 Å². The van der Waals surface area contributed by atoms with Gasteiger partial charge >= 0.3 is 12.2 Å². The summed E-state index contributed by atoms with van der Waals surface area (Å²) >= 11 is 0. The van der Waals surface area contributed by atoms with Crippen LogP contribution in [0, 0.1) is 0 Å². The second-order valence-electron chi connectivity index (χ2n) is 6.50. The predicted molar refractivity (Wildman–Crippen MR) is 101 cm³/mol. The van der Waals surface area contributed by atoms with E-state index >= 15 is 0 Å². The molecule has 28 heavy (non-hydrogen) atoms. The molecule has 0 spiro atoms. The Hall–Kier alpha value is -3.03. The van der Waals surface area contributed by atoms with E-state index in [1.165, 1.54) is 12.1 Å². The fourth-order valence-electron chi connectivity index (χ4n) is 2.49. The van der Waals surface area contributed by atoms with Crippen LogP contribution in [0.5, 0.6) is 0 Å². The van der Waals surface area contributed by atoms with Crippen molar-refractivity contribution in [3.8, 4) is 0 Å². The van der Waals surface area contributed by atoms with Crippen LogP contribution in [-0.2, 0) is 12.6 Å². The number of carbonyl (C=O) groups excluding carboxylic acids is 2. The minimum atomic E-state index is -4.37. The van der Waals surface area contributed by atoms with Crippen LogP contribution >= 0.6 is 0 Å². The molecule has 0 aromatic heterocycles. The summed E-state index contributed by atoms with van der Waals surface area (Å²) in [5.41, 5.74) is 0.637. The number of para-hydroxylation sites is 1. The summed E-state index contributed by atoms with van der Waals surface area (Å²) in [7, 11) is 0. The van der Waals surface area contributed by atoms with Crippen molar-refractivity contribution in [3.63, 3.8) is 0 Å². The summed E-state index contributed by atoms with van der Waals surface area (Å²) < 4.78 is 37.7.